The van der Waals surface area contributed by atoms with E-state index in [2.05, 4.69) is 4.98 Å². The predicted molar refractivity (Wildman–Crippen MR) is 63.4 cm³/mol. The summed E-state index contributed by atoms with van der Waals surface area (Å²) < 4.78 is 1.83. The van der Waals surface area contributed by atoms with Crippen molar-refractivity contribution >= 4 is 0 Å². The molecular weight excluding hydrogens is 202 g/mol. The van der Waals surface area contributed by atoms with Crippen LogP contribution in [0.1, 0.15) is 36.7 Å². The molecule has 16 heavy (non-hydrogen) atoms. The van der Waals surface area contributed by atoms with Crippen LogP contribution in [-0.2, 0) is 0 Å². The van der Waals surface area contributed by atoms with Gasteiger partial charge in [0.2, 0.25) is 0 Å². The number of hydrogen-bond donors (Lipinski definition) is 1. The number of nitrogens with zero attached hydrogens (tertiary/aromatic N) is 2. The molecule has 1 fully saturated rings. The Morgan fingerprint density at radius 2 is 2.25 bits per heavy atom. The minimum atomic E-state index is -0.122. The summed E-state index contributed by atoms with van der Waals surface area (Å²) >= 11 is 0. The molecule has 1 saturated carbocycles. The lowest BCUT2D eigenvalue weighted by Crippen LogP contribution is -2.33. The van der Waals surface area contributed by atoms with Crippen molar-refractivity contribution in [2.24, 2.45) is 11.7 Å². The molecule has 4 nitrogen and oxygen atoms in total. The summed E-state index contributed by atoms with van der Waals surface area (Å²) in [6.07, 6.45) is 3.33. The van der Waals surface area contributed by atoms with Crippen molar-refractivity contribution < 1.29 is 0 Å². The van der Waals surface area contributed by atoms with Gasteiger partial charge in [-0.3, -0.25) is 4.57 Å². The number of aromatic nitrogens is 2. The van der Waals surface area contributed by atoms with E-state index in [1.165, 1.54) is 0 Å². The Labute approximate surface area is 95.5 Å². The third-order valence-corrected chi connectivity index (χ3v) is 3.53. The van der Waals surface area contributed by atoms with Gasteiger partial charge in [-0.15, -0.1) is 0 Å². The van der Waals surface area contributed by atoms with Crippen LogP contribution in [0.5, 0.6) is 0 Å². The topological polar surface area (TPSA) is 60.9 Å². The van der Waals surface area contributed by atoms with Crippen LogP contribution in [0.4, 0.5) is 0 Å². The van der Waals surface area contributed by atoms with Crippen molar-refractivity contribution in [3.63, 3.8) is 0 Å². The zero-order chi connectivity index (χ0) is 11.7. The maximum Gasteiger partial charge on any atom is 0.348 e. The molecule has 4 heteroatoms. The Hall–Kier alpha value is -1.16. The van der Waals surface area contributed by atoms with Crippen molar-refractivity contribution in [2.45, 2.75) is 39.2 Å². The molecule has 1 aromatic heterocycles. The third kappa shape index (κ3) is 1.89. The molecule has 1 aliphatic rings. The summed E-state index contributed by atoms with van der Waals surface area (Å²) in [5, 5.41) is 0. The highest BCUT2D eigenvalue weighted by Crippen LogP contribution is 2.34. The van der Waals surface area contributed by atoms with Gasteiger partial charge in [0.1, 0.15) is 0 Å². The first kappa shape index (κ1) is 11.3. The normalized spacial score (nSPS) is 24.9. The van der Waals surface area contributed by atoms with Gasteiger partial charge in [0.05, 0.1) is 0 Å². The van der Waals surface area contributed by atoms with Gasteiger partial charge in [-0.2, -0.15) is 4.98 Å². The van der Waals surface area contributed by atoms with Crippen LogP contribution in [0.15, 0.2) is 10.9 Å². The molecule has 0 saturated heterocycles. The molecule has 1 heterocycles. The van der Waals surface area contributed by atoms with Gasteiger partial charge in [0.15, 0.2) is 0 Å². The molecule has 0 spiro atoms. The Balaban J connectivity index is 2.44. The fourth-order valence-electron chi connectivity index (χ4n) is 2.80. The van der Waals surface area contributed by atoms with E-state index in [0.717, 1.165) is 30.7 Å². The number of nitrogens with two attached hydrogens (primary N) is 1. The Kier molecular flexibility index (Phi) is 3.10. The smallest absolute Gasteiger partial charge is 0.330 e. The van der Waals surface area contributed by atoms with Crippen LogP contribution in [0.3, 0.4) is 0 Å². The molecule has 0 amide bonds. The van der Waals surface area contributed by atoms with Crippen LogP contribution in [0.2, 0.25) is 0 Å². The summed E-state index contributed by atoms with van der Waals surface area (Å²) in [5.41, 5.74) is 7.43. The molecule has 2 atom stereocenters. The fraction of sp³-hybridized carbons (Fsp3) is 0.667. The predicted octanol–water partition coefficient (Wildman–Crippen LogP) is 1.16. The molecule has 2 N–H and O–H groups in total. The Morgan fingerprint density at radius 1 is 1.50 bits per heavy atom. The van der Waals surface area contributed by atoms with Gasteiger partial charge in [-0.05, 0) is 45.2 Å². The minimum Gasteiger partial charge on any atom is -0.330 e. The summed E-state index contributed by atoms with van der Waals surface area (Å²) in [6.45, 7) is 4.49. The van der Waals surface area contributed by atoms with Crippen molar-refractivity contribution in [1.29, 1.82) is 0 Å². The lowest BCUT2D eigenvalue weighted by Gasteiger charge is -2.22. The van der Waals surface area contributed by atoms with E-state index in [0.29, 0.717) is 12.5 Å². The lowest BCUT2D eigenvalue weighted by molar-refractivity contribution is 0.367. The van der Waals surface area contributed by atoms with E-state index in [1.807, 2.05) is 24.5 Å². The molecule has 0 radical (unpaired) electrons. The van der Waals surface area contributed by atoms with Crippen molar-refractivity contribution in [2.75, 3.05) is 6.54 Å². The first-order valence-corrected chi connectivity index (χ1v) is 5.90. The zero-order valence-electron chi connectivity index (χ0n) is 9.94. The highest BCUT2D eigenvalue weighted by atomic mass is 16.1. The first-order valence-electron chi connectivity index (χ1n) is 5.90. The van der Waals surface area contributed by atoms with Crippen LogP contribution in [0, 0.1) is 19.8 Å². The van der Waals surface area contributed by atoms with E-state index in [9.17, 15) is 4.79 Å². The van der Waals surface area contributed by atoms with E-state index >= 15 is 0 Å². The lowest BCUT2D eigenvalue weighted by atomic mass is 10.0. The van der Waals surface area contributed by atoms with Crippen molar-refractivity contribution in [3.05, 3.63) is 27.9 Å². The van der Waals surface area contributed by atoms with Crippen molar-refractivity contribution in [3.8, 4) is 0 Å². The minimum absolute atomic E-state index is 0.122. The van der Waals surface area contributed by atoms with Crippen LogP contribution in [0.25, 0.3) is 0 Å². The first-order chi connectivity index (χ1) is 7.63. The highest BCUT2D eigenvalue weighted by Gasteiger charge is 2.29. The van der Waals surface area contributed by atoms with E-state index in [-0.39, 0.29) is 11.7 Å². The SMILES string of the molecule is Cc1cc(C)n(C2CCCC2CN)c(=O)n1. The van der Waals surface area contributed by atoms with Crippen LogP contribution >= 0.6 is 0 Å². The van der Waals surface area contributed by atoms with Crippen LogP contribution in [-0.4, -0.2) is 16.1 Å². The molecule has 1 aromatic rings. The van der Waals surface area contributed by atoms with E-state index < -0.39 is 0 Å². The van der Waals surface area contributed by atoms with Crippen LogP contribution < -0.4 is 11.4 Å². The maximum atomic E-state index is 11.9. The fourth-order valence-corrected chi connectivity index (χ4v) is 2.80. The maximum absolute atomic E-state index is 11.9. The molecule has 2 unspecified atom stereocenters. The quantitative estimate of drug-likeness (QED) is 0.815. The number of hydrogen-bond acceptors (Lipinski definition) is 3. The largest absolute Gasteiger partial charge is 0.348 e. The van der Waals surface area contributed by atoms with E-state index in [4.69, 9.17) is 5.73 Å². The second-order valence-electron chi connectivity index (χ2n) is 4.69. The van der Waals surface area contributed by atoms with Gasteiger partial charge in [0, 0.05) is 17.4 Å². The van der Waals surface area contributed by atoms with Gasteiger partial charge in [0.25, 0.3) is 0 Å². The molecular formula is C12H19N3O. The second-order valence-corrected chi connectivity index (χ2v) is 4.69. The third-order valence-electron chi connectivity index (χ3n) is 3.53. The molecule has 88 valence electrons. The number of rotatable bonds is 2. The standard InChI is InChI=1S/C12H19N3O/c1-8-6-9(2)15(12(16)14-8)11-5-3-4-10(11)7-13/h6,10-11H,3-5,7,13H2,1-2H3. The molecule has 1 aliphatic carbocycles. The average Bonchev–Trinajstić information content (AvgIpc) is 2.64. The van der Waals surface area contributed by atoms with Crippen molar-refractivity contribution in [1.82, 2.24) is 9.55 Å². The average molecular weight is 221 g/mol. The molecule has 0 bridgehead atoms. The van der Waals surface area contributed by atoms with Gasteiger partial charge >= 0.3 is 5.69 Å². The Morgan fingerprint density at radius 3 is 2.88 bits per heavy atom. The zero-order valence-corrected chi connectivity index (χ0v) is 9.94. The number of aryl methyl sites for hydroxylation is 2. The molecule has 0 aromatic carbocycles. The molecule has 2 rings (SSSR count). The summed E-state index contributed by atoms with van der Waals surface area (Å²) in [7, 11) is 0. The summed E-state index contributed by atoms with van der Waals surface area (Å²) in [4.78, 5) is 15.9. The Bertz CT molecular complexity index is 438. The summed E-state index contributed by atoms with van der Waals surface area (Å²) in [6, 6.07) is 2.22. The monoisotopic (exact) mass is 221 g/mol. The van der Waals surface area contributed by atoms with Gasteiger partial charge in [-0.25, -0.2) is 4.79 Å². The molecule has 0 aliphatic heterocycles. The van der Waals surface area contributed by atoms with Gasteiger partial charge < -0.3 is 5.73 Å². The second kappa shape index (κ2) is 4.37. The summed E-state index contributed by atoms with van der Waals surface area (Å²) in [5.74, 6) is 0.431. The van der Waals surface area contributed by atoms with Gasteiger partial charge in [-0.1, -0.05) is 6.42 Å². The van der Waals surface area contributed by atoms with E-state index in [1.54, 1.807) is 0 Å². The highest BCUT2D eigenvalue weighted by molar-refractivity contribution is 5.08.